The van der Waals surface area contributed by atoms with Gasteiger partial charge in [-0.05, 0) is 18.2 Å². The molecule has 7 heteroatoms. The second kappa shape index (κ2) is 7.20. The third kappa shape index (κ3) is 4.91. The fourth-order valence-electron chi connectivity index (χ4n) is 1.16. The summed E-state index contributed by atoms with van der Waals surface area (Å²) in [5, 5.41) is 8.59. The van der Waals surface area contributed by atoms with Crippen molar-refractivity contribution in [2.24, 2.45) is 0 Å². The highest BCUT2D eigenvalue weighted by Crippen LogP contribution is 2.25. The van der Waals surface area contributed by atoms with Crippen LogP contribution in [0.15, 0.2) is 18.2 Å². The minimum Gasteiger partial charge on any atom is -0.358 e. The molecule has 1 aromatic carbocycles. The summed E-state index contributed by atoms with van der Waals surface area (Å²) in [5.41, 5.74) is 0.479. The molecule has 5 nitrogen and oxygen atoms in total. The Labute approximate surface area is 115 Å². The van der Waals surface area contributed by atoms with Gasteiger partial charge in [0.15, 0.2) is 0 Å². The van der Waals surface area contributed by atoms with E-state index in [1.165, 1.54) is 13.1 Å². The molecular weight excluding hydrogens is 277 g/mol. The normalized spacial score (nSPS) is 9.94. The van der Waals surface area contributed by atoms with E-state index in [1.807, 2.05) is 0 Å². The number of anilines is 1. The Balaban J connectivity index is 2.42. The average molecular weight is 290 g/mol. The van der Waals surface area contributed by atoms with Crippen LogP contribution in [-0.2, 0) is 9.59 Å². The number of halogens is 2. The lowest BCUT2D eigenvalue weighted by atomic mass is 10.3. The molecule has 98 valence electrons. The van der Waals surface area contributed by atoms with E-state index in [0.717, 1.165) is 0 Å². The van der Waals surface area contributed by atoms with Gasteiger partial charge < -0.3 is 10.6 Å². The first-order chi connectivity index (χ1) is 8.52. The predicted molar refractivity (Wildman–Crippen MR) is 72.0 cm³/mol. The maximum Gasteiger partial charge on any atom is 0.238 e. The fraction of sp³-hybridized carbons (Fsp3) is 0.273. The third-order valence-corrected chi connectivity index (χ3v) is 2.60. The summed E-state index contributed by atoms with van der Waals surface area (Å²) >= 11 is 11.6. The second-order valence-electron chi connectivity index (χ2n) is 3.45. The van der Waals surface area contributed by atoms with Gasteiger partial charge in [-0.2, -0.15) is 0 Å². The Morgan fingerprint density at radius 1 is 1.17 bits per heavy atom. The van der Waals surface area contributed by atoms with Crippen molar-refractivity contribution in [2.45, 2.75) is 0 Å². The van der Waals surface area contributed by atoms with Crippen molar-refractivity contribution in [3.05, 3.63) is 28.2 Å². The van der Waals surface area contributed by atoms with E-state index in [4.69, 9.17) is 23.2 Å². The zero-order chi connectivity index (χ0) is 13.5. The SMILES string of the molecule is CNC(=O)CNCC(=O)Nc1ccc(Cl)cc1Cl. The first-order valence-corrected chi connectivity index (χ1v) is 5.94. The Hall–Kier alpha value is -1.30. The monoisotopic (exact) mass is 289 g/mol. The Kier molecular flexibility index (Phi) is 5.91. The van der Waals surface area contributed by atoms with Crippen molar-refractivity contribution < 1.29 is 9.59 Å². The number of hydrogen-bond donors (Lipinski definition) is 3. The van der Waals surface area contributed by atoms with E-state index in [2.05, 4.69) is 16.0 Å². The van der Waals surface area contributed by atoms with Crippen LogP contribution in [0.2, 0.25) is 10.0 Å². The number of rotatable bonds is 5. The lowest BCUT2D eigenvalue weighted by Crippen LogP contribution is -2.36. The molecule has 3 N–H and O–H groups in total. The van der Waals surface area contributed by atoms with E-state index in [0.29, 0.717) is 15.7 Å². The maximum absolute atomic E-state index is 11.5. The molecule has 0 saturated carbocycles. The standard InChI is InChI=1S/C11H13Cl2N3O2/c1-14-10(17)5-15-6-11(18)16-9-3-2-7(12)4-8(9)13/h2-4,15H,5-6H2,1H3,(H,14,17)(H,16,18). The molecular formula is C11H13Cl2N3O2. The molecule has 0 aliphatic heterocycles. The van der Waals surface area contributed by atoms with Crippen LogP contribution in [0.5, 0.6) is 0 Å². The number of hydrogen-bond acceptors (Lipinski definition) is 3. The van der Waals surface area contributed by atoms with Crippen molar-refractivity contribution in [3.8, 4) is 0 Å². The minimum atomic E-state index is -0.289. The van der Waals surface area contributed by atoms with Gasteiger partial charge in [0.25, 0.3) is 0 Å². The van der Waals surface area contributed by atoms with Crippen molar-refractivity contribution >= 4 is 40.7 Å². The topological polar surface area (TPSA) is 70.2 Å². The van der Waals surface area contributed by atoms with Gasteiger partial charge >= 0.3 is 0 Å². The van der Waals surface area contributed by atoms with E-state index < -0.39 is 0 Å². The van der Waals surface area contributed by atoms with Crippen LogP contribution in [0, 0.1) is 0 Å². The van der Waals surface area contributed by atoms with Crippen molar-refractivity contribution in [1.29, 1.82) is 0 Å². The molecule has 0 aliphatic rings. The van der Waals surface area contributed by atoms with Crippen LogP contribution in [0.3, 0.4) is 0 Å². The second-order valence-corrected chi connectivity index (χ2v) is 4.29. The van der Waals surface area contributed by atoms with Crippen LogP contribution in [-0.4, -0.2) is 32.0 Å². The molecule has 18 heavy (non-hydrogen) atoms. The molecule has 0 fully saturated rings. The van der Waals surface area contributed by atoms with Gasteiger partial charge in [-0.3, -0.25) is 14.9 Å². The third-order valence-electron chi connectivity index (χ3n) is 2.06. The number of benzene rings is 1. The maximum atomic E-state index is 11.5. The van der Waals surface area contributed by atoms with Gasteiger partial charge in [0.1, 0.15) is 0 Å². The van der Waals surface area contributed by atoms with Gasteiger partial charge in [-0.15, -0.1) is 0 Å². The molecule has 0 bridgehead atoms. The van der Waals surface area contributed by atoms with Crippen molar-refractivity contribution in [3.63, 3.8) is 0 Å². The zero-order valence-electron chi connectivity index (χ0n) is 9.72. The molecule has 0 heterocycles. The summed E-state index contributed by atoms with van der Waals surface area (Å²) in [5.74, 6) is -0.476. The van der Waals surface area contributed by atoms with Crippen LogP contribution in [0.25, 0.3) is 0 Å². The number of carbonyl (C=O) groups is 2. The van der Waals surface area contributed by atoms with Crippen molar-refractivity contribution in [1.82, 2.24) is 10.6 Å². The van der Waals surface area contributed by atoms with Gasteiger partial charge in [-0.1, -0.05) is 23.2 Å². The lowest BCUT2D eigenvalue weighted by molar-refractivity contribution is -0.119. The number of carbonyl (C=O) groups excluding carboxylic acids is 2. The smallest absolute Gasteiger partial charge is 0.238 e. The molecule has 2 amide bonds. The summed E-state index contributed by atoms with van der Waals surface area (Å²) in [6, 6.07) is 4.78. The molecule has 0 atom stereocenters. The van der Waals surface area contributed by atoms with E-state index >= 15 is 0 Å². The van der Waals surface area contributed by atoms with Crippen molar-refractivity contribution in [2.75, 3.05) is 25.5 Å². The average Bonchev–Trinajstić information content (AvgIpc) is 2.32. The Bertz CT molecular complexity index is 452. The molecule has 0 radical (unpaired) electrons. The Morgan fingerprint density at radius 2 is 1.83 bits per heavy atom. The quantitative estimate of drug-likeness (QED) is 0.765. The first kappa shape index (κ1) is 14.8. The predicted octanol–water partition coefficient (Wildman–Crippen LogP) is 1.27. The summed E-state index contributed by atoms with van der Waals surface area (Å²) in [4.78, 5) is 22.4. The van der Waals surface area contributed by atoms with Crippen LogP contribution in [0.1, 0.15) is 0 Å². The lowest BCUT2D eigenvalue weighted by Gasteiger charge is -2.08. The Morgan fingerprint density at radius 3 is 2.44 bits per heavy atom. The number of nitrogens with one attached hydrogen (secondary N) is 3. The summed E-state index contributed by atoms with van der Waals surface area (Å²) in [6.07, 6.45) is 0. The summed E-state index contributed by atoms with van der Waals surface area (Å²) in [7, 11) is 1.53. The summed E-state index contributed by atoms with van der Waals surface area (Å²) < 4.78 is 0. The van der Waals surface area contributed by atoms with Gasteiger partial charge in [0, 0.05) is 12.1 Å². The molecule has 1 rings (SSSR count). The van der Waals surface area contributed by atoms with E-state index in [-0.39, 0.29) is 24.9 Å². The van der Waals surface area contributed by atoms with Crippen LogP contribution < -0.4 is 16.0 Å². The summed E-state index contributed by atoms with van der Waals surface area (Å²) in [6.45, 7) is 0.102. The minimum absolute atomic E-state index is 0.0202. The number of amides is 2. The molecule has 0 aromatic heterocycles. The van der Waals surface area contributed by atoms with E-state index in [1.54, 1.807) is 12.1 Å². The largest absolute Gasteiger partial charge is 0.358 e. The van der Waals surface area contributed by atoms with Gasteiger partial charge in [0.05, 0.1) is 23.8 Å². The van der Waals surface area contributed by atoms with Crippen LogP contribution >= 0.6 is 23.2 Å². The highest BCUT2D eigenvalue weighted by atomic mass is 35.5. The molecule has 0 aliphatic carbocycles. The first-order valence-electron chi connectivity index (χ1n) is 5.19. The fourth-order valence-corrected chi connectivity index (χ4v) is 1.62. The zero-order valence-corrected chi connectivity index (χ0v) is 11.2. The highest BCUT2D eigenvalue weighted by molar-refractivity contribution is 6.36. The van der Waals surface area contributed by atoms with E-state index in [9.17, 15) is 9.59 Å². The van der Waals surface area contributed by atoms with Crippen LogP contribution in [0.4, 0.5) is 5.69 Å². The van der Waals surface area contributed by atoms with Gasteiger partial charge in [-0.25, -0.2) is 0 Å². The molecule has 1 aromatic rings. The number of likely N-dealkylation sites (N-methyl/N-ethyl adjacent to an activating group) is 1. The highest BCUT2D eigenvalue weighted by Gasteiger charge is 2.06. The molecule has 0 spiro atoms. The molecule has 0 saturated heterocycles. The van der Waals surface area contributed by atoms with Gasteiger partial charge in [0.2, 0.25) is 11.8 Å². The molecule has 0 unspecified atom stereocenters.